The minimum absolute atomic E-state index is 0.206. The number of ether oxygens (including phenoxy) is 2. The maximum Gasteiger partial charge on any atom is 0.245 e. The molecule has 0 spiro atoms. The highest BCUT2D eigenvalue weighted by atomic mass is 19.1. The number of nitrogens with two attached hydrogens (primary N) is 1. The van der Waals surface area contributed by atoms with Crippen LogP contribution < -0.4 is 31.8 Å². The van der Waals surface area contributed by atoms with E-state index in [4.69, 9.17) is 15.3 Å². The number of aldehydes is 1. The SMILES string of the molecule is Fc1cnc(N/N=C/c2ccc(Nc3ccc(-c4cccnc4)cc3)cn2)nc1N1CCOCC1.NNc1ncc(F)c(N2CCOCC2)n1.O=Cc1ccc(Cc2ccc(-c3cccnc3)cc2)cn1. The molecular weight excluding hydrogens is 909 g/mol. The second-order valence-corrected chi connectivity index (χ2v) is 15.7. The molecule has 360 valence electrons. The number of nitrogen functional groups attached to an aromatic ring is 1. The van der Waals surface area contributed by atoms with E-state index < -0.39 is 11.6 Å². The van der Waals surface area contributed by atoms with Gasteiger partial charge in [0.15, 0.2) is 29.6 Å². The molecule has 2 aliphatic heterocycles. The van der Waals surface area contributed by atoms with Crippen molar-refractivity contribution in [2.75, 3.05) is 78.6 Å². The molecule has 5 N–H and O–H groups in total. The number of hydrogen-bond donors (Lipinski definition) is 4. The van der Waals surface area contributed by atoms with E-state index >= 15 is 0 Å². The number of pyridine rings is 4. The molecule has 20 heteroatoms. The summed E-state index contributed by atoms with van der Waals surface area (Å²) in [6, 6.07) is 31.9. The van der Waals surface area contributed by atoms with E-state index in [9.17, 15) is 13.6 Å². The van der Waals surface area contributed by atoms with Gasteiger partial charge in [0.1, 0.15) is 5.69 Å². The largest absolute Gasteiger partial charge is 0.378 e. The molecule has 6 aromatic heterocycles. The predicted molar refractivity (Wildman–Crippen MR) is 268 cm³/mol. The first kappa shape index (κ1) is 48.7. The third kappa shape index (κ3) is 14.2. The fraction of sp³-hybridized carbons (Fsp3) is 0.176. The van der Waals surface area contributed by atoms with Crippen LogP contribution in [0.4, 0.5) is 43.7 Å². The van der Waals surface area contributed by atoms with Crippen molar-refractivity contribution < 1.29 is 23.0 Å². The minimum Gasteiger partial charge on any atom is -0.378 e. The van der Waals surface area contributed by atoms with Gasteiger partial charge in [-0.05, 0) is 82.3 Å². The molecule has 2 fully saturated rings. The molecule has 0 bridgehead atoms. The van der Waals surface area contributed by atoms with Crippen molar-refractivity contribution in [1.82, 2.24) is 39.9 Å². The molecule has 0 saturated carbocycles. The maximum absolute atomic E-state index is 14.1. The number of rotatable bonds is 13. The smallest absolute Gasteiger partial charge is 0.245 e. The molecule has 0 radical (unpaired) electrons. The van der Waals surface area contributed by atoms with Gasteiger partial charge in [-0.3, -0.25) is 30.2 Å². The number of aromatic nitrogens is 8. The van der Waals surface area contributed by atoms with Crippen molar-refractivity contribution in [2.24, 2.45) is 10.9 Å². The van der Waals surface area contributed by atoms with Crippen LogP contribution in [0.25, 0.3) is 22.3 Å². The molecule has 0 amide bonds. The first-order valence-electron chi connectivity index (χ1n) is 22.5. The minimum atomic E-state index is -0.474. The van der Waals surface area contributed by atoms with Crippen molar-refractivity contribution in [3.05, 3.63) is 181 Å². The van der Waals surface area contributed by atoms with Crippen LogP contribution in [0.5, 0.6) is 0 Å². The Labute approximate surface area is 408 Å². The summed E-state index contributed by atoms with van der Waals surface area (Å²) in [6.45, 7) is 4.64. The Balaban J connectivity index is 0.000000159. The highest BCUT2D eigenvalue weighted by Gasteiger charge is 2.19. The molecule has 2 aromatic carbocycles. The van der Waals surface area contributed by atoms with Crippen molar-refractivity contribution in [1.29, 1.82) is 0 Å². The number of hydrazone groups is 1. The number of anilines is 6. The number of nitrogens with zero attached hydrogens (tertiary/aromatic N) is 11. The number of morpholine rings is 2. The monoisotopic (exact) mass is 957 g/mol. The third-order valence-electron chi connectivity index (χ3n) is 10.8. The molecule has 2 aliphatic rings. The Morgan fingerprint density at radius 2 is 1.11 bits per heavy atom. The van der Waals surface area contributed by atoms with Crippen molar-refractivity contribution in [3.8, 4) is 22.3 Å². The van der Waals surface area contributed by atoms with E-state index in [2.05, 4.69) is 85.4 Å². The van der Waals surface area contributed by atoms with Gasteiger partial charge in [0, 0.05) is 62.9 Å². The summed E-state index contributed by atoms with van der Waals surface area (Å²) in [4.78, 5) is 46.8. The number of carbonyl (C=O) groups is 1. The van der Waals surface area contributed by atoms with Crippen LogP contribution in [0, 0.1) is 11.6 Å². The van der Waals surface area contributed by atoms with E-state index in [1.165, 1.54) is 5.56 Å². The second kappa shape index (κ2) is 25.1. The topological polar surface area (TPSA) is 220 Å². The highest BCUT2D eigenvalue weighted by molar-refractivity contribution is 5.78. The first-order valence-corrected chi connectivity index (χ1v) is 22.5. The number of benzene rings is 2. The second-order valence-electron chi connectivity index (χ2n) is 15.7. The highest BCUT2D eigenvalue weighted by Crippen LogP contribution is 2.24. The van der Waals surface area contributed by atoms with E-state index in [1.54, 1.807) is 42.0 Å². The summed E-state index contributed by atoms with van der Waals surface area (Å²) in [5.41, 5.74) is 14.7. The molecule has 0 atom stereocenters. The molecular formula is C51H49F2N15O3. The number of hydrazine groups is 1. The van der Waals surface area contributed by atoms with Crippen LogP contribution in [0.15, 0.2) is 152 Å². The number of nitrogens with one attached hydrogen (secondary N) is 3. The Morgan fingerprint density at radius 3 is 1.63 bits per heavy atom. The quantitative estimate of drug-likeness (QED) is 0.0383. The summed E-state index contributed by atoms with van der Waals surface area (Å²) >= 11 is 0. The van der Waals surface area contributed by atoms with Gasteiger partial charge in [-0.1, -0.05) is 54.6 Å². The molecule has 8 aromatic rings. The number of carbonyl (C=O) groups excluding carboxylic acids is 1. The summed E-state index contributed by atoms with van der Waals surface area (Å²) < 4.78 is 38.0. The average Bonchev–Trinajstić information content (AvgIpc) is 3.44. The van der Waals surface area contributed by atoms with Crippen LogP contribution in [-0.2, 0) is 15.9 Å². The summed E-state index contributed by atoms with van der Waals surface area (Å²) in [7, 11) is 0. The molecule has 18 nitrogen and oxygen atoms in total. The van der Waals surface area contributed by atoms with Gasteiger partial charge in [0.2, 0.25) is 11.9 Å². The van der Waals surface area contributed by atoms with Gasteiger partial charge >= 0.3 is 0 Å². The lowest BCUT2D eigenvalue weighted by molar-refractivity contribution is 0.111. The molecule has 8 heterocycles. The van der Waals surface area contributed by atoms with E-state index in [0.717, 1.165) is 64.3 Å². The zero-order valence-electron chi connectivity index (χ0n) is 38.4. The van der Waals surface area contributed by atoms with Gasteiger partial charge < -0.3 is 24.6 Å². The first-order chi connectivity index (χ1) is 34.9. The third-order valence-corrected chi connectivity index (χ3v) is 10.8. The standard InChI is InChI=1S/C25H23FN8O.C18H14N2O.C8H12FN5O/c26-23-17-29-25(32-24(23)34-10-12-35-13-11-34)33-30-16-21-7-8-22(15-28-21)31-20-5-3-18(4-6-20)19-2-1-9-27-14-19;21-13-18-8-5-15(11-20-18)10-14-3-6-16(7-4-14)17-2-1-9-19-12-17;9-6-5-11-8(13-10)12-7(6)14-1-3-15-4-2-14/h1-9,14-17,31H,10-13H2,(H,29,32,33);1-9,11-13H,10H2;5H,1-4,10H2,(H,11,12,13)/b30-16+;;. The Kier molecular flexibility index (Phi) is 17.2. The Bertz CT molecular complexity index is 2930. The van der Waals surface area contributed by atoms with Crippen molar-refractivity contribution in [2.45, 2.75) is 6.42 Å². The molecule has 0 aliphatic carbocycles. The molecule has 71 heavy (non-hydrogen) atoms. The van der Waals surface area contributed by atoms with Crippen molar-refractivity contribution >= 4 is 47.4 Å². The lowest BCUT2D eigenvalue weighted by atomic mass is 10.0. The van der Waals surface area contributed by atoms with Crippen LogP contribution in [-0.4, -0.2) is 105 Å². The van der Waals surface area contributed by atoms with Crippen LogP contribution in [0.2, 0.25) is 0 Å². The summed E-state index contributed by atoms with van der Waals surface area (Å²) in [5, 5.41) is 7.45. The van der Waals surface area contributed by atoms with Crippen molar-refractivity contribution in [3.63, 3.8) is 0 Å². The predicted octanol–water partition coefficient (Wildman–Crippen LogP) is 7.38. The van der Waals surface area contributed by atoms with E-state index in [0.29, 0.717) is 64.0 Å². The Hall–Kier alpha value is -8.72. The van der Waals surface area contributed by atoms with Gasteiger partial charge in [-0.15, -0.1) is 0 Å². The Morgan fingerprint density at radius 1 is 0.577 bits per heavy atom. The molecule has 2 saturated heterocycles. The van der Waals surface area contributed by atoms with Gasteiger partial charge in [0.25, 0.3) is 0 Å². The van der Waals surface area contributed by atoms with E-state index in [-0.39, 0.29) is 23.5 Å². The van der Waals surface area contributed by atoms with Crippen LogP contribution in [0.3, 0.4) is 0 Å². The number of hydrogen-bond acceptors (Lipinski definition) is 18. The fourth-order valence-corrected chi connectivity index (χ4v) is 7.19. The van der Waals surface area contributed by atoms with Gasteiger partial charge in [-0.2, -0.15) is 15.1 Å². The molecule has 10 rings (SSSR count). The van der Waals surface area contributed by atoms with Crippen LogP contribution >= 0.6 is 0 Å². The van der Waals surface area contributed by atoms with Gasteiger partial charge in [-0.25, -0.2) is 30.0 Å². The fourth-order valence-electron chi connectivity index (χ4n) is 7.19. The average molecular weight is 958 g/mol. The molecule has 0 unspecified atom stereocenters. The summed E-state index contributed by atoms with van der Waals surface area (Å²) in [6.07, 6.45) is 16.1. The normalized spacial score (nSPS) is 13.3. The zero-order chi connectivity index (χ0) is 49.0. The van der Waals surface area contributed by atoms with E-state index in [1.807, 2.05) is 84.0 Å². The van der Waals surface area contributed by atoms with Crippen LogP contribution in [0.1, 0.15) is 27.3 Å². The lowest BCUT2D eigenvalue weighted by Crippen LogP contribution is -2.37. The lowest BCUT2D eigenvalue weighted by Gasteiger charge is -2.27. The maximum atomic E-state index is 14.1. The van der Waals surface area contributed by atoms with Gasteiger partial charge in [0.05, 0.1) is 62.6 Å². The number of halogens is 2. The summed E-state index contributed by atoms with van der Waals surface area (Å²) in [5.74, 6) is 5.15. The zero-order valence-corrected chi connectivity index (χ0v) is 38.4.